The number of rotatable bonds is 3. The molecule has 1 amide bonds. The van der Waals surface area contributed by atoms with Crippen LogP contribution in [0.2, 0.25) is 0 Å². The lowest BCUT2D eigenvalue weighted by molar-refractivity contribution is 0.0691. The van der Waals surface area contributed by atoms with Gasteiger partial charge in [0.15, 0.2) is 10.7 Å². The first-order chi connectivity index (χ1) is 8.95. The molecule has 5 nitrogen and oxygen atoms in total. The van der Waals surface area contributed by atoms with E-state index in [9.17, 15) is 9.59 Å². The molecule has 0 aromatic carbocycles. The SMILES string of the molecule is CC1CC(C)CC(NC(=O)c2nc(C(=O)O)cs2)C1. The van der Waals surface area contributed by atoms with Gasteiger partial charge in [-0.1, -0.05) is 13.8 Å². The Hall–Kier alpha value is -1.43. The molecule has 1 aliphatic carbocycles. The van der Waals surface area contributed by atoms with Crippen molar-refractivity contribution in [1.29, 1.82) is 0 Å². The molecule has 1 saturated carbocycles. The van der Waals surface area contributed by atoms with Crippen LogP contribution in [0, 0.1) is 11.8 Å². The third kappa shape index (κ3) is 3.53. The van der Waals surface area contributed by atoms with Crippen molar-refractivity contribution in [2.75, 3.05) is 0 Å². The Kier molecular flexibility index (Phi) is 4.19. The summed E-state index contributed by atoms with van der Waals surface area (Å²) in [5, 5.41) is 13.4. The Labute approximate surface area is 116 Å². The van der Waals surface area contributed by atoms with Crippen molar-refractivity contribution < 1.29 is 14.7 Å². The first-order valence-corrected chi connectivity index (χ1v) is 7.33. The summed E-state index contributed by atoms with van der Waals surface area (Å²) in [6, 6.07) is 0.170. The smallest absolute Gasteiger partial charge is 0.355 e. The number of carboxylic acids is 1. The van der Waals surface area contributed by atoms with Crippen molar-refractivity contribution in [3.63, 3.8) is 0 Å². The summed E-state index contributed by atoms with van der Waals surface area (Å²) in [5.41, 5.74) is -0.0690. The number of hydrogen-bond donors (Lipinski definition) is 2. The second-order valence-corrected chi connectivity index (χ2v) is 6.29. The van der Waals surface area contributed by atoms with Crippen LogP contribution >= 0.6 is 11.3 Å². The predicted octanol–water partition coefficient (Wildman–Crippen LogP) is 2.40. The standard InChI is InChI=1S/C13H18N2O3S/c1-7-3-8(2)5-9(4-7)14-11(16)12-15-10(6-19-12)13(17)18/h6-9H,3-5H2,1-2H3,(H,14,16)(H,17,18). The first-order valence-electron chi connectivity index (χ1n) is 6.45. The highest BCUT2D eigenvalue weighted by Crippen LogP contribution is 2.28. The molecule has 2 unspecified atom stereocenters. The average molecular weight is 282 g/mol. The number of carbonyl (C=O) groups is 2. The van der Waals surface area contributed by atoms with E-state index in [1.807, 2.05) is 0 Å². The van der Waals surface area contributed by atoms with E-state index in [-0.39, 0.29) is 22.7 Å². The highest BCUT2D eigenvalue weighted by atomic mass is 32.1. The minimum absolute atomic E-state index is 0.0690. The monoisotopic (exact) mass is 282 g/mol. The summed E-state index contributed by atoms with van der Waals surface area (Å²) in [7, 11) is 0. The van der Waals surface area contributed by atoms with Gasteiger partial charge in [-0.2, -0.15) is 0 Å². The topological polar surface area (TPSA) is 79.3 Å². The lowest BCUT2D eigenvalue weighted by Gasteiger charge is -2.31. The number of nitrogens with zero attached hydrogens (tertiary/aromatic N) is 1. The zero-order chi connectivity index (χ0) is 14.0. The third-order valence-electron chi connectivity index (χ3n) is 3.43. The maximum absolute atomic E-state index is 12.0. The van der Waals surface area contributed by atoms with Crippen molar-refractivity contribution in [3.8, 4) is 0 Å². The summed E-state index contributed by atoms with van der Waals surface area (Å²) in [6.07, 6.45) is 3.16. The number of carbonyl (C=O) groups excluding carboxylic acids is 1. The normalized spacial score (nSPS) is 26.9. The Morgan fingerprint density at radius 1 is 1.32 bits per heavy atom. The molecule has 2 rings (SSSR count). The Morgan fingerprint density at radius 3 is 2.47 bits per heavy atom. The van der Waals surface area contributed by atoms with Crippen LogP contribution in [-0.2, 0) is 0 Å². The molecule has 104 valence electrons. The maximum Gasteiger partial charge on any atom is 0.355 e. The van der Waals surface area contributed by atoms with Gasteiger partial charge in [0, 0.05) is 11.4 Å². The highest BCUT2D eigenvalue weighted by Gasteiger charge is 2.26. The zero-order valence-electron chi connectivity index (χ0n) is 11.0. The molecule has 0 bridgehead atoms. The number of nitrogens with one attached hydrogen (secondary N) is 1. The van der Waals surface area contributed by atoms with Crippen molar-refractivity contribution in [3.05, 3.63) is 16.1 Å². The van der Waals surface area contributed by atoms with Gasteiger partial charge in [0.1, 0.15) is 0 Å². The molecule has 0 aliphatic heterocycles. The van der Waals surface area contributed by atoms with Crippen LogP contribution in [-0.4, -0.2) is 28.0 Å². The van der Waals surface area contributed by atoms with Crippen LogP contribution in [0.4, 0.5) is 0 Å². The average Bonchev–Trinajstić information content (AvgIpc) is 2.76. The number of thiazole rings is 1. The quantitative estimate of drug-likeness (QED) is 0.892. The van der Waals surface area contributed by atoms with Gasteiger partial charge in [-0.15, -0.1) is 11.3 Å². The van der Waals surface area contributed by atoms with Crippen molar-refractivity contribution in [1.82, 2.24) is 10.3 Å². The Balaban J connectivity index is 1.98. The molecule has 1 aromatic heterocycles. The van der Waals surface area contributed by atoms with E-state index >= 15 is 0 Å². The number of hydrogen-bond acceptors (Lipinski definition) is 4. The lowest BCUT2D eigenvalue weighted by Crippen LogP contribution is -2.40. The van der Waals surface area contributed by atoms with Gasteiger partial charge in [-0.25, -0.2) is 9.78 Å². The fourth-order valence-electron chi connectivity index (χ4n) is 2.79. The van der Waals surface area contributed by atoms with Gasteiger partial charge < -0.3 is 10.4 Å². The van der Waals surface area contributed by atoms with Gasteiger partial charge in [0.2, 0.25) is 0 Å². The predicted molar refractivity (Wildman–Crippen MR) is 72.5 cm³/mol. The van der Waals surface area contributed by atoms with Crippen LogP contribution in [0.5, 0.6) is 0 Å². The van der Waals surface area contributed by atoms with Gasteiger partial charge in [0.25, 0.3) is 5.91 Å². The fraction of sp³-hybridized carbons (Fsp3) is 0.615. The third-order valence-corrected chi connectivity index (χ3v) is 4.27. The van der Waals surface area contributed by atoms with Crippen molar-refractivity contribution in [2.24, 2.45) is 11.8 Å². The molecule has 1 aliphatic rings. The van der Waals surface area contributed by atoms with Gasteiger partial charge in [-0.05, 0) is 31.1 Å². The molecule has 1 aromatic rings. The lowest BCUT2D eigenvalue weighted by atomic mass is 9.80. The fourth-order valence-corrected chi connectivity index (χ4v) is 3.48. The summed E-state index contributed by atoms with van der Waals surface area (Å²) < 4.78 is 0. The zero-order valence-corrected chi connectivity index (χ0v) is 11.9. The first kappa shape index (κ1) is 14.0. The largest absolute Gasteiger partial charge is 0.476 e. The molecule has 2 N–H and O–H groups in total. The van der Waals surface area contributed by atoms with Crippen LogP contribution in [0.1, 0.15) is 53.4 Å². The molecule has 0 spiro atoms. The molecule has 1 fully saturated rings. The summed E-state index contributed by atoms with van der Waals surface area (Å²) >= 11 is 1.07. The molecule has 0 radical (unpaired) electrons. The van der Waals surface area contributed by atoms with Crippen LogP contribution < -0.4 is 5.32 Å². The van der Waals surface area contributed by atoms with Gasteiger partial charge >= 0.3 is 5.97 Å². The maximum atomic E-state index is 12.0. The molecule has 2 atom stereocenters. The van der Waals surface area contributed by atoms with E-state index in [1.165, 1.54) is 11.8 Å². The number of aromatic carboxylic acids is 1. The van der Waals surface area contributed by atoms with Crippen LogP contribution in [0.15, 0.2) is 5.38 Å². The Morgan fingerprint density at radius 2 is 1.95 bits per heavy atom. The summed E-state index contributed by atoms with van der Waals surface area (Å²) in [6.45, 7) is 4.39. The molecular formula is C13H18N2O3S. The molecule has 19 heavy (non-hydrogen) atoms. The molecule has 0 saturated heterocycles. The summed E-state index contributed by atoms with van der Waals surface area (Å²) in [4.78, 5) is 26.6. The van der Waals surface area contributed by atoms with E-state index in [1.54, 1.807) is 0 Å². The van der Waals surface area contributed by atoms with Gasteiger partial charge in [0.05, 0.1) is 0 Å². The van der Waals surface area contributed by atoms with Crippen molar-refractivity contribution >= 4 is 23.2 Å². The summed E-state index contributed by atoms with van der Waals surface area (Å²) in [5.74, 6) is -0.140. The van der Waals surface area contributed by atoms with E-state index in [0.717, 1.165) is 24.2 Å². The van der Waals surface area contributed by atoms with Crippen LogP contribution in [0.3, 0.4) is 0 Å². The number of amides is 1. The van der Waals surface area contributed by atoms with E-state index in [4.69, 9.17) is 5.11 Å². The second-order valence-electron chi connectivity index (χ2n) is 5.43. The van der Waals surface area contributed by atoms with E-state index in [2.05, 4.69) is 24.1 Å². The van der Waals surface area contributed by atoms with E-state index in [0.29, 0.717) is 11.8 Å². The molecular weight excluding hydrogens is 264 g/mol. The number of aromatic nitrogens is 1. The number of carboxylic acid groups (broad SMARTS) is 1. The van der Waals surface area contributed by atoms with Gasteiger partial charge in [-0.3, -0.25) is 4.79 Å². The Bertz CT molecular complexity index is 476. The molecule has 6 heteroatoms. The van der Waals surface area contributed by atoms with Crippen molar-refractivity contribution in [2.45, 2.75) is 39.2 Å². The van der Waals surface area contributed by atoms with E-state index < -0.39 is 5.97 Å². The highest BCUT2D eigenvalue weighted by molar-refractivity contribution is 7.11. The molecule has 1 heterocycles. The second kappa shape index (κ2) is 5.69. The van der Waals surface area contributed by atoms with Crippen LogP contribution in [0.25, 0.3) is 0 Å². The minimum atomic E-state index is -1.10. The minimum Gasteiger partial charge on any atom is -0.476 e.